The standard InChI is InChI=1S/C15H15F2N/c1-2-18-15(11-7-4-3-5-8-11)12-9-6-10-13(16)14(12)17/h3-10,15,18H,2H2,1H3. The maximum atomic E-state index is 13.8. The second-order valence-corrected chi connectivity index (χ2v) is 4.04. The molecule has 0 heterocycles. The maximum Gasteiger partial charge on any atom is 0.163 e. The number of nitrogens with one attached hydrogen (secondary N) is 1. The molecule has 0 radical (unpaired) electrons. The highest BCUT2D eigenvalue weighted by atomic mass is 19.2. The lowest BCUT2D eigenvalue weighted by Crippen LogP contribution is -2.23. The predicted octanol–water partition coefficient (Wildman–Crippen LogP) is 3.66. The largest absolute Gasteiger partial charge is 0.306 e. The fourth-order valence-electron chi connectivity index (χ4n) is 2.00. The van der Waals surface area contributed by atoms with E-state index in [1.807, 2.05) is 37.3 Å². The molecule has 0 aromatic heterocycles. The first kappa shape index (κ1) is 12.7. The van der Waals surface area contributed by atoms with Crippen LogP contribution < -0.4 is 5.32 Å². The quantitative estimate of drug-likeness (QED) is 0.869. The van der Waals surface area contributed by atoms with Crippen molar-refractivity contribution < 1.29 is 8.78 Å². The third-order valence-corrected chi connectivity index (χ3v) is 2.83. The summed E-state index contributed by atoms with van der Waals surface area (Å²) < 4.78 is 27.1. The molecule has 18 heavy (non-hydrogen) atoms. The van der Waals surface area contributed by atoms with Gasteiger partial charge in [0.15, 0.2) is 11.6 Å². The first-order chi connectivity index (χ1) is 8.74. The van der Waals surface area contributed by atoms with Gasteiger partial charge < -0.3 is 5.32 Å². The van der Waals surface area contributed by atoms with Gasteiger partial charge in [0.2, 0.25) is 0 Å². The minimum absolute atomic E-state index is 0.327. The van der Waals surface area contributed by atoms with Crippen molar-refractivity contribution in [3.8, 4) is 0 Å². The van der Waals surface area contributed by atoms with Crippen LogP contribution in [0.15, 0.2) is 48.5 Å². The maximum absolute atomic E-state index is 13.8. The summed E-state index contributed by atoms with van der Waals surface area (Å²) in [6.07, 6.45) is 0. The Morgan fingerprint density at radius 1 is 1.00 bits per heavy atom. The van der Waals surface area contributed by atoms with E-state index in [1.165, 1.54) is 6.07 Å². The van der Waals surface area contributed by atoms with Gasteiger partial charge in [-0.3, -0.25) is 0 Å². The van der Waals surface area contributed by atoms with Crippen molar-refractivity contribution in [1.82, 2.24) is 5.32 Å². The minimum atomic E-state index is -0.814. The molecule has 0 fully saturated rings. The summed E-state index contributed by atoms with van der Waals surface area (Å²) in [6, 6.07) is 13.4. The normalized spacial score (nSPS) is 12.4. The number of hydrogen-bond donors (Lipinski definition) is 1. The molecule has 1 atom stereocenters. The third-order valence-electron chi connectivity index (χ3n) is 2.83. The second kappa shape index (κ2) is 5.74. The van der Waals surface area contributed by atoms with Crippen molar-refractivity contribution in [3.63, 3.8) is 0 Å². The van der Waals surface area contributed by atoms with Crippen molar-refractivity contribution in [2.24, 2.45) is 0 Å². The lowest BCUT2D eigenvalue weighted by atomic mass is 9.98. The Hall–Kier alpha value is -1.74. The molecule has 0 aliphatic rings. The van der Waals surface area contributed by atoms with Crippen LogP contribution in [0.3, 0.4) is 0 Å². The van der Waals surface area contributed by atoms with E-state index in [0.29, 0.717) is 12.1 Å². The van der Waals surface area contributed by atoms with Crippen LogP contribution in [0.5, 0.6) is 0 Å². The van der Waals surface area contributed by atoms with E-state index >= 15 is 0 Å². The molecular weight excluding hydrogens is 232 g/mol. The molecule has 0 saturated heterocycles. The average molecular weight is 247 g/mol. The lowest BCUT2D eigenvalue weighted by Gasteiger charge is -2.19. The highest BCUT2D eigenvalue weighted by Crippen LogP contribution is 2.25. The Kier molecular flexibility index (Phi) is 4.05. The van der Waals surface area contributed by atoms with Crippen molar-refractivity contribution in [1.29, 1.82) is 0 Å². The summed E-state index contributed by atoms with van der Waals surface area (Å²) in [5.74, 6) is -1.60. The van der Waals surface area contributed by atoms with Gasteiger partial charge in [-0.25, -0.2) is 8.78 Å². The first-order valence-electron chi connectivity index (χ1n) is 5.96. The van der Waals surface area contributed by atoms with Crippen LogP contribution >= 0.6 is 0 Å². The summed E-state index contributed by atoms with van der Waals surface area (Å²) in [5.41, 5.74) is 1.26. The van der Waals surface area contributed by atoms with Crippen molar-refractivity contribution in [2.75, 3.05) is 6.54 Å². The molecule has 0 saturated carbocycles. The molecule has 1 unspecified atom stereocenters. The van der Waals surface area contributed by atoms with Crippen molar-refractivity contribution in [3.05, 3.63) is 71.3 Å². The summed E-state index contributed by atoms with van der Waals surface area (Å²) in [4.78, 5) is 0. The van der Waals surface area contributed by atoms with Crippen LogP contribution in [0.1, 0.15) is 24.1 Å². The molecule has 2 aromatic carbocycles. The van der Waals surface area contributed by atoms with Crippen LogP contribution in [0.25, 0.3) is 0 Å². The van der Waals surface area contributed by atoms with E-state index in [4.69, 9.17) is 0 Å². The van der Waals surface area contributed by atoms with Crippen LogP contribution in [0, 0.1) is 11.6 Å². The molecule has 2 rings (SSSR count). The van der Waals surface area contributed by atoms with Gasteiger partial charge in [0.1, 0.15) is 0 Å². The molecule has 0 amide bonds. The first-order valence-corrected chi connectivity index (χ1v) is 5.96. The van der Waals surface area contributed by atoms with Crippen LogP contribution in [-0.2, 0) is 0 Å². The third kappa shape index (κ3) is 2.57. The molecule has 0 bridgehead atoms. The Morgan fingerprint density at radius 3 is 2.39 bits per heavy atom. The number of hydrogen-bond acceptors (Lipinski definition) is 1. The minimum Gasteiger partial charge on any atom is -0.306 e. The molecule has 94 valence electrons. The zero-order valence-corrected chi connectivity index (χ0v) is 10.2. The Bertz CT molecular complexity index is 511. The van der Waals surface area contributed by atoms with E-state index in [0.717, 1.165) is 11.6 Å². The Morgan fingerprint density at radius 2 is 1.72 bits per heavy atom. The number of halogens is 2. The Balaban J connectivity index is 2.45. The molecule has 1 N–H and O–H groups in total. The predicted molar refractivity (Wildman–Crippen MR) is 68.3 cm³/mol. The fraction of sp³-hybridized carbons (Fsp3) is 0.200. The van der Waals surface area contributed by atoms with Crippen molar-refractivity contribution >= 4 is 0 Å². The van der Waals surface area contributed by atoms with Gasteiger partial charge in [-0.1, -0.05) is 49.4 Å². The molecule has 0 aliphatic heterocycles. The van der Waals surface area contributed by atoms with Gasteiger partial charge >= 0.3 is 0 Å². The van der Waals surface area contributed by atoms with Gasteiger partial charge in [0, 0.05) is 5.56 Å². The smallest absolute Gasteiger partial charge is 0.163 e. The van der Waals surface area contributed by atoms with Crippen LogP contribution in [0.2, 0.25) is 0 Å². The second-order valence-electron chi connectivity index (χ2n) is 4.04. The van der Waals surface area contributed by atoms with Gasteiger partial charge in [-0.15, -0.1) is 0 Å². The van der Waals surface area contributed by atoms with Gasteiger partial charge in [0.05, 0.1) is 6.04 Å². The SMILES string of the molecule is CCNC(c1ccccc1)c1cccc(F)c1F. The van der Waals surface area contributed by atoms with E-state index in [-0.39, 0.29) is 6.04 Å². The van der Waals surface area contributed by atoms with E-state index < -0.39 is 11.6 Å². The molecule has 0 aliphatic carbocycles. The molecule has 0 spiro atoms. The highest BCUT2D eigenvalue weighted by Gasteiger charge is 2.18. The van der Waals surface area contributed by atoms with Gasteiger partial charge in [0.25, 0.3) is 0 Å². The summed E-state index contributed by atoms with van der Waals surface area (Å²) in [6.45, 7) is 2.61. The number of rotatable bonds is 4. The molecule has 3 heteroatoms. The van der Waals surface area contributed by atoms with Gasteiger partial charge in [-0.2, -0.15) is 0 Å². The fourth-order valence-corrected chi connectivity index (χ4v) is 2.00. The number of benzene rings is 2. The molecular formula is C15H15F2N. The summed E-state index contributed by atoms with van der Waals surface area (Å²) in [5, 5.41) is 3.18. The highest BCUT2D eigenvalue weighted by molar-refractivity contribution is 5.33. The van der Waals surface area contributed by atoms with Crippen molar-refractivity contribution in [2.45, 2.75) is 13.0 Å². The zero-order valence-electron chi connectivity index (χ0n) is 10.2. The van der Waals surface area contributed by atoms with Crippen LogP contribution in [-0.4, -0.2) is 6.54 Å². The van der Waals surface area contributed by atoms with E-state index in [9.17, 15) is 8.78 Å². The monoisotopic (exact) mass is 247 g/mol. The summed E-state index contributed by atoms with van der Waals surface area (Å²) >= 11 is 0. The van der Waals surface area contributed by atoms with Crippen LogP contribution in [0.4, 0.5) is 8.78 Å². The van der Waals surface area contributed by atoms with Gasteiger partial charge in [-0.05, 0) is 18.2 Å². The van der Waals surface area contributed by atoms with E-state index in [1.54, 1.807) is 6.07 Å². The Labute approximate surface area is 105 Å². The molecule has 1 nitrogen and oxygen atoms in total. The molecule has 2 aromatic rings. The van der Waals surface area contributed by atoms with E-state index in [2.05, 4.69) is 5.32 Å². The topological polar surface area (TPSA) is 12.0 Å². The average Bonchev–Trinajstić information content (AvgIpc) is 2.41. The zero-order chi connectivity index (χ0) is 13.0. The summed E-state index contributed by atoms with van der Waals surface area (Å²) in [7, 11) is 0. The lowest BCUT2D eigenvalue weighted by molar-refractivity contribution is 0.483.